The fourth-order valence-corrected chi connectivity index (χ4v) is 2.73. The largest absolute Gasteiger partial charge is 0.353 e. The molecule has 1 aromatic heterocycles. The maximum Gasteiger partial charge on any atom is 0.204 e. The first kappa shape index (κ1) is 13.2. The molecule has 1 aliphatic heterocycles. The third-order valence-corrected chi connectivity index (χ3v) is 3.85. The molecule has 1 aromatic carbocycles. The van der Waals surface area contributed by atoms with Crippen LogP contribution in [0.5, 0.6) is 0 Å². The van der Waals surface area contributed by atoms with Gasteiger partial charge in [-0.25, -0.2) is 4.98 Å². The predicted octanol–water partition coefficient (Wildman–Crippen LogP) is 2.78. The fourth-order valence-electron chi connectivity index (χ4n) is 2.73. The van der Waals surface area contributed by atoms with E-state index in [-0.39, 0.29) is 0 Å². The van der Waals surface area contributed by atoms with Gasteiger partial charge in [-0.05, 0) is 45.0 Å². The second-order valence-electron chi connectivity index (χ2n) is 5.27. The van der Waals surface area contributed by atoms with Gasteiger partial charge in [-0.1, -0.05) is 24.3 Å². The van der Waals surface area contributed by atoms with Crippen LogP contribution in [0.2, 0.25) is 0 Å². The Labute approximate surface area is 119 Å². The van der Waals surface area contributed by atoms with Crippen LogP contribution in [0, 0.1) is 0 Å². The lowest BCUT2D eigenvalue weighted by Crippen LogP contribution is -2.36. The molecule has 4 heteroatoms. The lowest BCUT2D eigenvalue weighted by molar-refractivity contribution is 0.476. The standard InChI is InChI=1S/C16H22N4/c1-2-3-12-20-15-7-5-4-6-14(15)19-16(20)18-13-8-10-17-11-9-13/h2-7,13,17H,8-12H2,1H3,(H,18,19). The number of hydrogen-bond acceptors (Lipinski definition) is 3. The molecule has 4 nitrogen and oxygen atoms in total. The Morgan fingerprint density at radius 3 is 2.95 bits per heavy atom. The van der Waals surface area contributed by atoms with Crippen molar-refractivity contribution in [3.05, 3.63) is 36.4 Å². The van der Waals surface area contributed by atoms with E-state index in [2.05, 4.69) is 52.5 Å². The van der Waals surface area contributed by atoms with Crippen LogP contribution >= 0.6 is 0 Å². The SMILES string of the molecule is CC=CCn1c(NC2CCNCC2)nc2ccccc21. The van der Waals surface area contributed by atoms with E-state index in [1.54, 1.807) is 0 Å². The lowest BCUT2D eigenvalue weighted by atomic mass is 10.1. The van der Waals surface area contributed by atoms with E-state index in [9.17, 15) is 0 Å². The molecule has 1 aliphatic rings. The number of fused-ring (bicyclic) bond motifs is 1. The first-order chi connectivity index (χ1) is 9.88. The van der Waals surface area contributed by atoms with E-state index in [1.807, 2.05) is 6.07 Å². The topological polar surface area (TPSA) is 41.9 Å². The maximum absolute atomic E-state index is 4.76. The molecule has 3 rings (SSSR count). The second-order valence-corrected chi connectivity index (χ2v) is 5.27. The Bertz CT molecular complexity index is 594. The van der Waals surface area contributed by atoms with Crippen LogP contribution < -0.4 is 10.6 Å². The van der Waals surface area contributed by atoms with Gasteiger partial charge < -0.3 is 15.2 Å². The number of rotatable bonds is 4. The number of para-hydroxylation sites is 2. The zero-order valence-electron chi connectivity index (χ0n) is 12.0. The Morgan fingerprint density at radius 1 is 1.35 bits per heavy atom. The highest BCUT2D eigenvalue weighted by Gasteiger charge is 2.16. The number of benzene rings is 1. The van der Waals surface area contributed by atoms with Crippen molar-refractivity contribution in [1.29, 1.82) is 0 Å². The highest BCUT2D eigenvalue weighted by molar-refractivity contribution is 5.78. The zero-order chi connectivity index (χ0) is 13.8. The predicted molar refractivity (Wildman–Crippen MR) is 84.1 cm³/mol. The summed E-state index contributed by atoms with van der Waals surface area (Å²) in [5, 5.41) is 7.02. The van der Waals surface area contributed by atoms with Gasteiger partial charge in [-0.3, -0.25) is 0 Å². The van der Waals surface area contributed by atoms with Gasteiger partial charge in [0.05, 0.1) is 11.0 Å². The smallest absolute Gasteiger partial charge is 0.204 e. The van der Waals surface area contributed by atoms with Gasteiger partial charge in [0.2, 0.25) is 5.95 Å². The van der Waals surface area contributed by atoms with Crippen molar-refractivity contribution in [1.82, 2.24) is 14.9 Å². The third-order valence-electron chi connectivity index (χ3n) is 3.85. The Kier molecular flexibility index (Phi) is 4.02. The Hall–Kier alpha value is -1.81. The summed E-state index contributed by atoms with van der Waals surface area (Å²) < 4.78 is 2.26. The molecule has 106 valence electrons. The maximum atomic E-state index is 4.76. The first-order valence-corrected chi connectivity index (χ1v) is 7.42. The van der Waals surface area contributed by atoms with E-state index >= 15 is 0 Å². The van der Waals surface area contributed by atoms with Crippen LogP contribution in [0.25, 0.3) is 11.0 Å². The molecule has 1 saturated heterocycles. The van der Waals surface area contributed by atoms with Crippen molar-refractivity contribution in [2.75, 3.05) is 18.4 Å². The van der Waals surface area contributed by atoms with E-state index < -0.39 is 0 Å². The fraction of sp³-hybridized carbons (Fsp3) is 0.438. The normalized spacial score (nSPS) is 17.1. The number of nitrogens with one attached hydrogen (secondary N) is 2. The van der Waals surface area contributed by atoms with E-state index in [4.69, 9.17) is 4.98 Å². The number of hydrogen-bond donors (Lipinski definition) is 2. The summed E-state index contributed by atoms with van der Waals surface area (Å²) in [6, 6.07) is 8.86. The van der Waals surface area contributed by atoms with E-state index in [0.29, 0.717) is 6.04 Å². The highest BCUT2D eigenvalue weighted by atomic mass is 15.2. The number of allylic oxidation sites excluding steroid dienone is 2. The van der Waals surface area contributed by atoms with Crippen molar-refractivity contribution in [2.24, 2.45) is 0 Å². The van der Waals surface area contributed by atoms with Crippen molar-refractivity contribution < 1.29 is 0 Å². The molecule has 0 radical (unpaired) electrons. The molecule has 0 atom stereocenters. The molecular formula is C16H22N4. The van der Waals surface area contributed by atoms with Crippen LogP contribution in [0.15, 0.2) is 36.4 Å². The molecule has 0 saturated carbocycles. The van der Waals surface area contributed by atoms with E-state index in [0.717, 1.165) is 43.9 Å². The van der Waals surface area contributed by atoms with Crippen LogP contribution in [0.3, 0.4) is 0 Å². The Balaban J connectivity index is 1.91. The first-order valence-electron chi connectivity index (χ1n) is 7.42. The molecule has 0 bridgehead atoms. The number of piperidine rings is 1. The van der Waals surface area contributed by atoms with Crippen molar-refractivity contribution in [3.8, 4) is 0 Å². The molecule has 2 N–H and O–H groups in total. The average Bonchev–Trinajstić information content (AvgIpc) is 2.83. The van der Waals surface area contributed by atoms with Crippen LogP contribution in [0.1, 0.15) is 19.8 Å². The van der Waals surface area contributed by atoms with Gasteiger partial charge in [0.1, 0.15) is 0 Å². The van der Waals surface area contributed by atoms with Crippen molar-refractivity contribution >= 4 is 17.0 Å². The minimum Gasteiger partial charge on any atom is -0.353 e. The molecule has 2 aromatic rings. The van der Waals surface area contributed by atoms with Gasteiger partial charge in [0, 0.05) is 12.6 Å². The lowest BCUT2D eigenvalue weighted by Gasteiger charge is -2.24. The zero-order valence-corrected chi connectivity index (χ0v) is 12.0. The number of anilines is 1. The van der Waals surface area contributed by atoms with Crippen LogP contribution in [0.4, 0.5) is 5.95 Å². The number of nitrogens with zero attached hydrogens (tertiary/aromatic N) is 2. The van der Waals surface area contributed by atoms with Crippen LogP contribution in [-0.2, 0) is 6.54 Å². The number of imidazole rings is 1. The molecule has 1 fully saturated rings. The summed E-state index contributed by atoms with van der Waals surface area (Å²) in [7, 11) is 0. The molecule has 0 unspecified atom stereocenters. The summed E-state index contributed by atoms with van der Waals surface area (Å²) in [6.45, 7) is 5.10. The second kappa shape index (κ2) is 6.09. The summed E-state index contributed by atoms with van der Waals surface area (Å²) in [6.07, 6.45) is 6.57. The number of aromatic nitrogens is 2. The highest BCUT2D eigenvalue weighted by Crippen LogP contribution is 2.21. The molecule has 0 aliphatic carbocycles. The monoisotopic (exact) mass is 270 g/mol. The van der Waals surface area contributed by atoms with Gasteiger partial charge in [0.25, 0.3) is 0 Å². The minimum absolute atomic E-state index is 0.525. The van der Waals surface area contributed by atoms with Crippen LogP contribution in [-0.4, -0.2) is 28.7 Å². The average molecular weight is 270 g/mol. The van der Waals surface area contributed by atoms with Crippen molar-refractivity contribution in [2.45, 2.75) is 32.4 Å². The molecule has 0 amide bonds. The van der Waals surface area contributed by atoms with Gasteiger partial charge >= 0.3 is 0 Å². The summed E-state index contributed by atoms with van der Waals surface area (Å²) in [5.41, 5.74) is 2.26. The molecule has 0 spiro atoms. The van der Waals surface area contributed by atoms with Gasteiger partial charge in [-0.2, -0.15) is 0 Å². The van der Waals surface area contributed by atoms with Crippen molar-refractivity contribution in [3.63, 3.8) is 0 Å². The quantitative estimate of drug-likeness (QED) is 0.839. The molecule has 2 heterocycles. The third kappa shape index (κ3) is 2.70. The van der Waals surface area contributed by atoms with Gasteiger partial charge in [0.15, 0.2) is 0 Å². The summed E-state index contributed by atoms with van der Waals surface area (Å²) in [5.74, 6) is 0.996. The Morgan fingerprint density at radius 2 is 2.15 bits per heavy atom. The minimum atomic E-state index is 0.525. The summed E-state index contributed by atoms with van der Waals surface area (Å²) in [4.78, 5) is 4.76. The summed E-state index contributed by atoms with van der Waals surface area (Å²) >= 11 is 0. The van der Waals surface area contributed by atoms with E-state index in [1.165, 1.54) is 5.52 Å². The molecular weight excluding hydrogens is 248 g/mol. The molecule has 20 heavy (non-hydrogen) atoms. The van der Waals surface area contributed by atoms with Gasteiger partial charge in [-0.15, -0.1) is 0 Å².